The van der Waals surface area contributed by atoms with E-state index in [2.05, 4.69) is 36.8 Å². The number of allylic oxidation sites excluding steroid dienone is 3. The van der Waals surface area contributed by atoms with Crippen LogP contribution < -0.4 is 4.83 Å². The quantitative estimate of drug-likeness (QED) is 0.371. The Balaban J connectivity index is 1.58. The van der Waals surface area contributed by atoms with Crippen molar-refractivity contribution < 1.29 is 17.9 Å². The lowest BCUT2D eigenvalue weighted by Gasteiger charge is -2.64. The van der Waals surface area contributed by atoms with E-state index in [1.807, 2.05) is 13.8 Å². The number of rotatable bonds is 3. The Morgan fingerprint density at radius 1 is 1.12 bits per heavy atom. The van der Waals surface area contributed by atoms with Crippen molar-refractivity contribution in [1.29, 1.82) is 0 Å². The zero-order valence-electron chi connectivity index (χ0n) is 20.6. The highest BCUT2D eigenvalue weighted by molar-refractivity contribution is 7.89. The molecular formula is C27H34N2O4S. The highest BCUT2D eigenvalue weighted by atomic mass is 32.2. The van der Waals surface area contributed by atoms with Crippen LogP contribution in [0.4, 0.5) is 0 Å². The Hall–Kier alpha value is -2.41. The lowest BCUT2D eigenvalue weighted by molar-refractivity contribution is -0.184. The van der Waals surface area contributed by atoms with Gasteiger partial charge in [0.05, 0.1) is 17.0 Å². The molecule has 2 fully saturated rings. The summed E-state index contributed by atoms with van der Waals surface area (Å²) in [7, 11) is -3.78. The molecule has 7 heteroatoms. The summed E-state index contributed by atoms with van der Waals surface area (Å²) in [6.07, 6.45) is 6.04. The van der Waals surface area contributed by atoms with Crippen molar-refractivity contribution in [3.05, 3.63) is 52.6 Å². The molecule has 182 valence electrons. The number of benzene rings is 1. The molecule has 1 saturated carbocycles. The molecule has 1 heterocycles. The fourth-order valence-corrected chi connectivity index (χ4v) is 8.15. The number of hydrogen-bond donors (Lipinski definition) is 1. The normalized spacial score (nSPS) is 36.4. The molecule has 1 saturated heterocycles. The van der Waals surface area contributed by atoms with Gasteiger partial charge in [-0.15, -0.1) is 0 Å². The molecule has 0 spiro atoms. The van der Waals surface area contributed by atoms with Crippen LogP contribution in [0.25, 0.3) is 0 Å². The first-order chi connectivity index (χ1) is 16.0. The third-order valence-electron chi connectivity index (χ3n) is 9.29. The zero-order chi connectivity index (χ0) is 24.5. The highest BCUT2D eigenvalue weighted by Gasteiger charge is 2.64. The van der Waals surface area contributed by atoms with Crippen molar-refractivity contribution in [2.45, 2.75) is 77.7 Å². The summed E-state index contributed by atoms with van der Waals surface area (Å²) in [6.45, 7) is 10.7. The average Bonchev–Trinajstić information content (AvgIpc) is 2.77. The number of carbonyl (C=O) groups is 1. The maximum atomic E-state index is 12.9. The predicted molar refractivity (Wildman–Crippen MR) is 132 cm³/mol. The van der Waals surface area contributed by atoms with Gasteiger partial charge in [0.25, 0.3) is 10.0 Å². The zero-order valence-corrected chi connectivity index (χ0v) is 21.5. The van der Waals surface area contributed by atoms with Crippen LogP contribution in [0.5, 0.6) is 0 Å². The molecule has 5 rings (SSSR count). The third-order valence-corrected chi connectivity index (χ3v) is 10.5. The maximum Gasteiger partial charge on any atom is 0.310 e. The minimum Gasteiger partial charge on any atom is -0.461 e. The van der Waals surface area contributed by atoms with Crippen LogP contribution in [0, 0.1) is 29.6 Å². The Labute approximate surface area is 202 Å². The van der Waals surface area contributed by atoms with Crippen LogP contribution in [-0.2, 0) is 19.6 Å². The Kier molecular flexibility index (Phi) is 5.36. The molecule has 0 radical (unpaired) electrons. The van der Waals surface area contributed by atoms with E-state index in [1.54, 1.807) is 24.3 Å². The fraction of sp³-hybridized carbons (Fsp3) is 0.556. The molecule has 3 aliphatic carbocycles. The number of fused-ring (bicyclic) bond motifs is 2. The van der Waals surface area contributed by atoms with Crippen molar-refractivity contribution in [3.8, 4) is 0 Å². The highest BCUT2D eigenvalue weighted by Crippen LogP contribution is 2.66. The first-order valence-electron chi connectivity index (χ1n) is 12.2. The molecule has 0 amide bonds. The fourth-order valence-electron chi connectivity index (χ4n) is 7.32. The van der Waals surface area contributed by atoms with E-state index in [9.17, 15) is 13.2 Å². The number of nitrogens with one attached hydrogen (secondary N) is 1. The molecule has 5 atom stereocenters. The van der Waals surface area contributed by atoms with E-state index in [-0.39, 0.29) is 40.1 Å². The van der Waals surface area contributed by atoms with E-state index in [0.717, 1.165) is 41.7 Å². The maximum absolute atomic E-state index is 12.9. The third kappa shape index (κ3) is 3.38. The summed E-state index contributed by atoms with van der Waals surface area (Å²) in [5.41, 5.74) is 4.89. The minimum atomic E-state index is -3.78. The number of sulfonamides is 1. The van der Waals surface area contributed by atoms with Gasteiger partial charge in [0, 0.05) is 5.41 Å². The van der Waals surface area contributed by atoms with Crippen LogP contribution in [-0.4, -0.2) is 26.2 Å². The predicted octanol–water partition coefficient (Wildman–Crippen LogP) is 5.05. The van der Waals surface area contributed by atoms with Crippen LogP contribution in [0.15, 0.2) is 57.1 Å². The molecular weight excluding hydrogens is 448 g/mol. The van der Waals surface area contributed by atoms with Crippen molar-refractivity contribution in [2.24, 2.45) is 27.8 Å². The van der Waals surface area contributed by atoms with E-state index >= 15 is 0 Å². The summed E-state index contributed by atoms with van der Waals surface area (Å²) >= 11 is 0. The van der Waals surface area contributed by atoms with E-state index in [4.69, 9.17) is 4.74 Å². The standard InChI is InChI=1S/C27H34N2O4S/c1-16-8-10-19(11-9-16)34(31,32)29-28-22-15-23-26(4)12-6-7-17(2)20(26)13-24-27(23,5)21(18(22)3)14-25(30)33-24/h7-11,20,23-24,29H,6,12-15H2,1-5H3/b28-22+/t20-,23+,24+,26-,27-/m0/s1. The molecule has 0 aromatic heterocycles. The van der Waals surface area contributed by atoms with Gasteiger partial charge in [0.15, 0.2) is 0 Å². The van der Waals surface area contributed by atoms with E-state index < -0.39 is 10.0 Å². The van der Waals surface area contributed by atoms with E-state index in [1.165, 1.54) is 5.57 Å². The lowest BCUT2D eigenvalue weighted by Crippen LogP contribution is -2.62. The van der Waals surface area contributed by atoms with Crippen molar-refractivity contribution in [2.75, 3.05) is 0 Å². The second kappa shape index (κ2) is 7.80. The molecule has 0 bridgehead atoms. The summed E-state index contributed by atoms with van der Waals surface area (Å²) in [5, 5.41) is 4.47. The largest absolute Gasteiger partial charge is 0.461 e. The molecule has 4 aliphatic rings. The number of carbonyl (C=O) groups excluding carboxylic acids is 1. The molecule has 6 nitrogen and oxygen atoms in total. The summed E-state index contributed by atoms with van der Waals surface area (Å²) < 4.78 is 31.8. The van der Waals surface area contributed by atoms with Crippen molar-refractivity contribution in [3.63, 3.8) is 0 Å². The van der Waals surface area contributed by atoms with Crippen molar-refractivity contribution in [1.82, 2.24) is 4.83 Å². The first kappa shape index (κ1) is 23.3. The monoisotopic (exact) mass is 482 g/mol. The number of ether oxygens (including phenoxy) is 1. The van der Waals surface area contributed by atoms with E-state index in [0.29, 0.717) is 12.3 Å². The smallest absolute Gasteiger partial charge is 0.310 e. The van der Waals surface area contributed by atoms with Gasteiger partial charge in [-0.1, -0.05) is 43.2 Å². The molecule has 0 unspecified atom stereocenters. The summed E-state index contributed by atoms with van der Waals surface area (Å²) in [4.78, 5) is 15.3. The van der Waals surface area contributed by atoms with Crippen LogP contribution >= 0.6 is 0 Å². The minimum absolute atomic E-state index is 0.0381. The number of aryl methyl sites for hydroxylation is 1. The number of esters is 1. The molecule has 34 heavy (non-hydrogen) atoms. The topological polar surface area (TPSA) is 84.8 Å². The first-order valence-corrected chi connectivity index (χ1v) is 13.7. The van der Waals surface area contributed by atoms with Crippen LogP contribution in [0.2, 0.25) is 0 Å². The van der Waals surface area contributed by atoms with Gasteiger partial charge in [-0.05, 0) is 87.0 Å². The summed E-state index contributed by atoms with van der Waals surface area (Å²) in [6, 6.07) is 6.73. The van der Waals surface area contributed by atoms with Gasteiger partial charge in [-0.2, -0.15) is 18.4 Å². The lowest BCUT2D eigenvalue weighted by atomic mass is 9.42. The molecule has 1 N–H and O–H groups in total. The van der Waals surface area contributed by atoms with Crippen molar-refractivity contribution >= 4 is 21.7 Å². The van der Waals surface area contributed by atoms with Gasteiger partial charge in [0.2, 0.25) is 0 Å². The van der Waals surface area contributed by atoms with Crippen LogP contribution in [0.3, 0.4) is 0 Å². The summed E-state index contributed by atoms with van der Waals surface area (Å²) in [5.74, 6) is 0.361. The Morgan fingerprint density at radius 3 is 2.53 bits per heavy atom. The second-order valence-electron chi connectivity index (χ2n) is 11.0. The van der Waals surface area contributed by atoms with Crippen LogP contribution in [0.1, 0.15) is 65.4 Å². The number of hydrogen-bond acceptors (Lipinski definition) is 5. The Morgan fingerprint density at radius 2 is 1.82 bits per heavy atom. The molecule has 1 aromatic rings. The van der Waals surface area contributed by atoms with Gasteiger partial charge >= 0.3 is 5.97 Å². The number of hydrazone groups is 1. The SMILES string of the molecule is CC1=CCC[C@]2(C)[C@H]3C/C(=N\NS(=O)(=O)c4ccc(C)cc4)C(C)=C4CC(=O)O[C@H](C[C@@H]12)[C@@]43C. The number of nitrogens with zero attached hydrogens (tertiary/aromatic N) is 1. The average molecular weight is 483 g/mol. The second-order valence-corrected chi connectivity index (χ2v) is 12.7. The van der Waals surface area contributed by atoms with Gasteiger partial charge in [-0.25, -0.2) is 0 Å². The van der Waals surface area contributed by atoms with Gasteiger partial charge in [0.1, 0.15) is 6.10 Å². The van der Waals surface area contributed by atoms with Gasteiger partial charge in [-0.3, -0.25) is 4.79 Å². The molecule has 1 aromatic carbocycles. The molecule has 1 aliphatic heterocycles. The van der Waals surface area contributed by atoms with Gasteiger partial charge < -0.3 is 4.74 Å². The Bertz CT molecular complexity index is 1240.